The summed E-state index contributed by atoms with van der Waals surface area (Å²) in [6, 6.07) is 0. The third-order valence-corrected chi connectivity index (χ3v) is 4.40. The van der Waals surface area contributed by atoms with Crippen LogP contribution in [0.4, 0.5) is 0 Å². The van der Waals surface area contributed by atoms with Gasteiger partial charge in [-0.1, -0.05) is 34.1 Å². The number of carbonyl (C=O) groups is 1. The first-order valence-corrected chi connectivity index (χ1v) is 7.57. The maximum Gasteiger partial charge on any atom is 0.312 e. The first-order valence-electron chi connectivity index (χ1n) is 7.57. The van der Waals surface area contributed by atoms with Crippen LogP contribution in [0.25, 0.3) is 0 Å². The van der Waals surface area contributed by atoms with Crippen molar-refractivity contribution in [2.24, 2.45) is 17.3 Å². The van der Waals surface area contributed by atoms with E-state index in [4.69, 9.17) is 4.74 Å². The largest absolute Gasteiger partial charge is 0.462 e. The molecule has 1 atom stereocenters. The number of carbonyl (C=O) groups excluding carboxylic acids is 1. The molecule has 0 heterocycles. The van der Waals surface area contributed by atoms with Crippen molar-refractivity contribution in [1.29, 1.82) is 0 Å². The van der Waals surface area contributed by atoms with Crippen LogP contribution in [0.5, 0.6) is 0 Å². The quantitative estimate of drug-likeness (QED) is 0.672. The Morgan fingerprint density at radius 3 is 2.17 bits per heavy atom. The highest BCUT2D eigenvalue weighted by atomic mass is 16.5. The highest BCUT2D eigenvalue weighted by molar-refractivity contribution is 5.76. The van der Waals surface area contributed by atoms with E-state index >= 15 is 0 Å². The van der Waals surface area contributed by atoms with E-state index in [0.717, 1.165) is 19.3 Å². The Morgan fingerprint density at radius 1 is 1.17 bits per heavy atom. The van der Waals surface area contributed by atoms with Crippen molar-refractivity contribution in [1.82, 2.24) is 0 Å². The zero-order valence-corrected chi connectivity index (χ0v) is 12.8. The molecule has 0 bridgehead atoms. The molecule has 0 aromatic heterocycles. The molecule has 0 N–H and O–H groups in total. The molecule has 1 rings (SSSR count). The molecule has 1 unspecified atom stereocenters. The van der Waals surface area contributed by atoms with Crippen LogP contribution < -0.4 is 0 Å². The fourth-order valence-corrected chi connectivity index (χ4v) is 2.87. The molecule has 0 spiro atoms. The summed E-state index contributed by atoms with van der Waals surface area (Å²) in [7, 11) is 0. The fourth-order valence-electron chi connectivity index (χ4n) is 2.87. The minimum Gasteiger partial charge on any atom is -0.462 e. The van der Waals surface area contributed by atoms with Gasteiger partial charge in [0.25, 0.3) is 0 Å². The molecule has 1 aliphatic rings. The fraction of sp³-hybridized carbons (Fsp3) is 0.938. The van der Waals surface area contributed by atoms with Gasteiger partial charge in [-0.2, -0.15) is 0 Å². The van der Waals surface area contributed by atoms with Crippen LogP contribution in [0.1, 0.15) is 73.1 Å². The van der Waals surface area contributed by atoms with Gasteiger partial charge in [-0.05, 0) is 50.9 Å². The third-order valence-electron chi connectivity index (χ3n) is 4.40. The van der Waals surface area contributed by atoms with Crippen LogP contribution in [0.2, 0.25) is 0 Å². The number of hydrogen-bond acceptors (Lipinski definition) is 2. The summed E-state index contributed by atoms with van der Waals surface area (Å²) in [6.45, 7) is 10.7. The van der Waals surface area contributed by atoms with E-state index < -0.39 is 0 Å². The molecule has 18 heavy (non-hydrogen) atoms. The van der Waals surface area contributed by atoms with Crippen molar-refractivity contribution in [3.63, 3.8) is 0 Å². The summed E-state index contributed by atoms with van der Waals surface area (Å²) >= 11 is 0. The van der Waals surface area contributed by atoms with Crippen LogP contribution in [0.3, 0.4) is 0 Å². The zero-order valence-electron chi connectivity index (χ0n) is 12.8. The topological polar surface area (TPSA) is 26.3 Å². The molecular formula is C16H30O2. The lowest BCUT2D eigenvalue weighted by atomic mass is 9.73. The standard InChI is InChI=1S/C16H30O2/c1-12(2)11-16(5,13(3)4)15(17)18-14-9-7-6-8-10-14/h12-14H,6-11H2,1-5H3. The molecule has 106 valence electrons. The smallest absolute Gasteiger partial charge is 0.312 e. The Hall–Kier alpha value is -0.530. The predicted molar refractivity (Wildman–Crippen MR) is 75.4 cm³/mol. The van der Waals surface area contributed by atoms with Crippen LogP contribution in [0.15, 0.2) is 0 Å². The molecular weight excluding hydrogens is 224 g/mol. The van der Waals surface area contributed by atoms with Gasteiger partial charge in [-0.3, -0.25) is 4.79 Å². The molecule has 0 aromatic rings. The van der Waals surface area contributed by atoms with Crippen molar-refractivity contribution < 1.29 is 9.53 Å². The maximum absolute atomic E-state index is 12.5. The molecule has 2 heteroatoms. The van der Waals surface area contributed by atoms with E-state index in [1.807, 2.05) is 0 Å². The van der Waals surface area contributed by atoms with Gasteiger partial charge in [0.05, 0.1) is 5.41 Å². The van der Waals surface area contributed by atoms with Crippen molar-refractivity contribution in [3.8, 4) is 0 Å². The Kier molecular flexibility index (Phi) is 5.68. The lowest BCUT2D eigenvalue weighted by Gasteiger charge is -2.35. The normalized spacial score (nSPS) is 21.1. The minimum atomic E-state index is -0.328. The van der Waals surface area contributed by atoms with Gasteiger partial charge in [0.15, 0.2) is 0 Å². The molecule has 0 aromatic carbocycles. The monoisotopic (exact) mass is 254 g/mol. The zero-order chi connectivity index (χ0) is 13.8. The molecule has 0 aliphatic heterocycles. The molecule has 0 amide bonds. The van der Waals surface area contributed by atoms with Crippen LogP contribution in [0, 0.1) is 17.3 Å². The van der Waals surface area contributed by atoms with Gasteiger partial charge in [0.2, 0.25) is 0 Å². The summed E-state index contributed by atoms with van der Waals surface area (Å²) in [5, 5.41) is 0. The third kappa shape index (κ3) is 4.00. The van der Waals surface area contributed by atoms with Gasteiger partial charge >= 0.3 is 5.97 Å². The first kappa shape index (κ1) is 15.5. The average molecular weight is 254 g/mol. The second kappa shape index (κ2) is 6.58. The van der Waals surface area contributed by atoms with Gasteiger partial charge in [-0.25, -0.2) is 0 Å². The Labute approximate surface area is 112 Å². The minimum absolute atomic E-state index is 0.0260. The van der Waals surface area contributed by atoms with Crippen LogP contribution in [-0.4, -0.2) is 12.1 Å². The summed E-state index contributed by atoms with van der Waals surface area (Å²) in [5.41, 5.74) is -0.328. The van der Waals surface area contributed by atoms with Crippen molar-refractivity contribution in [2.45, 2.75) is 79.2 Å². The lowest BCUT2D eigenvalue weighted by molar-refractivity contribution is -0.166. The van der Waals surface area contributed by atoms with Gasteiger partial charge < -0.3 is 4.74 Å². The number of hydrogen-bond donors (Lipinski definition) is 0. The summed E-state index contributed by atoms with van der Waals surface area (Å²) in [5.74, 6) is 0.880. The van der Waals surface area contributed by atoms with Gasteiger partial charge in [0.1, 0.15) is 6.10 Å². The van der Waals surface area contributed by atoms with E-state index in [0.29, 0.717) is 11.8 Å². The second-order valence-corrected chi connectivity index (χ2v) is 6.84. The highest BCUT2D eigenvalue weighted by Gasteiger charge is 2.39. The van der Waals surface area contributed by atoms with E-state index in [9.17, 15) is 4.79 Å². The Balaban J connectivity index is 2.64. The molecule has 1 aliphatic carbocycles. The number of ether oxygens (including phenoxy) is 1. The molecule has 0 saturated heterocycles. The van der Waals surface area contributed by atoms with E-state index in [1.165, 1.54) is 19.3 Å². The van der Waals surface area contributed by atoms with Crippen LogP contribution >= 0.6 is 0 Å². The summed E-state index contributed by atoms with van der Waals surface area (Å²) < 4.78 is 5.78. The van der Waals surface area contributed by atoms with Crippen molar-refractivity contribution in [2.75, 3.05) is 0 Å². The maximum atomic E-state index is 12.5. The van der Waals surface area contributed by atoms with Crippen molar-refractivity contribution in [3.05, 3.63) is 0 Å². The first-order chi connectivity index (χ1) is 8.36. The van der Waals surface area contributed by atoms with E-state index in [2.05, 4.69) is 34.6 Å². The predicted octanol–water partition coefficient (Wildman–Crippen LogP) is 4.57. The van der Waals surface area contributed by atoms with E-state index in [1.54, 1.807) is 0 Å². The molecule has 0 radical (unpaired) electrons. The Bertz CT molecular complexity index is 264. The average Bonchev–Trinajstić information content (AvgIpc) is 2.29. The van der Waals surface area contributed by atoms with Gasteiger partial charge in [-0.15, -0.1) is 0 Å². The molecule has 1 saturated carbocycles. The SMILES string of the molecule is CC(C)CC(C)(C(=O)OC1CCCCC1)C(C)C. The van der Waals surface area contributed by atoms with E-state index in [-0.39, 0.29) is 17.5 Å². The number of esters is 1. The number of rotatable bonds is 5. The summed E-state index contributed by atoms with van der Waals surface area (Å²) in [6.07, 6.45) is 6.92. The highest BCUT2D eigenvalue weighted by Crippen LogP contribution is 2.36. The molecule has 2 nitrogen and oxygen atoms in total. The second-order valence-electron chi connectivity index (χ2n) is 6.84. The van der Waals surface area contributed by atoms with Crippen LogP contribution in [-0.2, 0) is 9.53 Å². The molecule has 1 fully saturated rings. The van der Waals surface area contributed by atoms with Gasteiger partial charge in [0, 0.05) is 0 Å². The van der Waals surface area contributed by atoms with Crippen molar-refractivity contribution >= 4 is 5.97 Å². The summed E-state index contributed by atoms with van der Waals surface area (Å²) in [4.78, 5) is 12.5. The lowest BCUT2D eigenvalue weighted by Crippen LogP contribution is -2.38. The Morgan fingerprint density at radius 2 is 1.72 bits per heavy atom.